The van der Waals surface area contributed by atoms with E-state index < -0.39 is 0 Å². The van der Waals surface area contributed by atoms with Crippen molar-refractivity contribution in [1.82, 2.24) is 20.2 Å². The van der Waals surface area contributed by atoms with Crippen LogP contribution in [0.15, 0.2) is 102 Å². The molecule has 2 aromatic heterocycles. The molecule has 0 aliphatic carbocycles. The van der Waals surface area contributed by atoms with Crippen molar-refractivity contribution in [2.75, 3.05) is 25.3 Å². The number of methoxy groups -OCH3 is 2. The van der Waals surface area contributed by atoms with Crippen LogP contribution in [-0.4, -0.2) is 46.0 Å². The van der Waals surface area contributed by atoms with Crippen LogP contribution in [0, 0.1) is 0 Å². The molecule has 10 heteroatoms. The number of carbonyl (C=O) groups excluding carboxylic acids is 1. The zero-order valence-corrected chi connectivity index (χ0v) is 25.1. The maximum atomic E-state index is 12.7. The number of rotatable bonds is 10. The summed E-state index contributed by atoms with van der Waals surface area (Å²) in [5.41, 5.74) is 4.95. The molecule has 0 unspecified atom stereocenters. The van der Waals surface area contributed by atoms with E-state index in [-0.39, 0.29) is 12.3 Å². The topological polar surface area (TPSA) is 99.1 Å². The third-order valence-corrected chi connectivity index (χ3v) is 8.35. The number of amides is 1. The maximum Gasteiger partial charge on any atom is 0.226 e. The van der Waals surface area contributed by atoms with Crippen molar-refractivity contribution in [3.05, 3.63) is 96.4 Å². The summed E-state index contributed by atoms with van der Waals surface area (Å²) in [5, 5.41) is 17.2. The standard InChI is InChI=1S/C33H27N5O3S2/c1-40-26-13-9-22(10-14-26)30-31(23-11-15-27(41-2)16-12-23)37-38-33(36-30)42-18-17-29(39)35-32-34-28(20-43-32)25-8-7-21-5-3-4-6-24(21)19-25/h3-16,19-20H,17-18H2,1-2H3,(H,34,35,39). The van der Waals surface area contributed by atoms with Crippen LogP contribution in [-0.2, 0) is 4.79 Å². The second-order valence-electron chi connectivity index (χ2n) is 9.50. The number of nitrogens with one attached hydrogen (secondary N) is 1. The quantitative estimate of drug-likeness (QED) is 0.159. The van der Waals surface area contributed by atoms with Gasteiger partial charge in [-0.25, -0.2) is 9.97 Å². The number of hydrogen-bond acceptors (Lipinski definition) is 9. The summed E-state index contributed by atoms with van der Waals surface area (Å²) >= 11 is 2.79. The molecule has 43 heavy (non-hydrogen) atoms. The van der Waals surface area contributed by atoms with E-state index in [4.69, 9.17) is 14.5 Å². The SMILES string of the molecule is COc1ccc(-c2nnc(SCCC(=O)Nc3nc(-c4ccc5ccccc5c4)cs3)nc2-c2ccc(OC)cc2)cc1. The number of carbonyl (C=O) groups is 1. The van der Waals surface area contributed by atoms with E-state index >= 15 is 0 Å². The van der Waals surface area contributed by atoms with E-state index in [1.54, 1.807) is 14.2 Å². The fourth-order valence-electron chi connectivity index (χ4n) is 4.49. The summed E-state index contributed by atoms with van der Waals surface area (Å²) in [5.74, 6) is 1.87. The number of hydrogen-bond donors (Lipinski definition) is 1. The van der Waals surface area contributed by atoms with E-state index in [0.717, 1.165) is 39.3 Å². The number of thioether (sulfide) groups is 1. The van der Waals surface area contributed by atoms with Crippen molar-refractivity contribution in [1.29, 1.82) is 0 Å². The van der Waals surface area contributed by atoms with Gasteiger partial charge >= 0.3 is 0 Å². The number of fused-ring (bicyclic) bond motifs is 1. The Bertz CT molecular complexity index is 1880. The Morgan fingerprint density at radius 3 is 2.12 bits per heavy atom. The molecule has 1 amide bonds. The van der Waals surface area contributed by atoms with Crippen LogP contribution in [0.25, 0.3) is 44.5 Å². The van der Waals surface area contributed by atoms with E-state index in [1.165, 1.54) is 28.5 Å². The molecule has 0 spiro atoms. The summed E-state index contributed by atoms with van der Waals surface area (Å²) in [7, 11) is 3.26. The molecule has 4 aromatic carbocycles. The first-order valence-corrected chi connectivity index (χ1v) is 15.4. The number of ether oxygens (including phenoxy) is 2. The van der Waals surface area contributed by atoms with Gasteiger partial charge in [-0.05, 0) is 65.4 Å². The molecule has 0 fully saturated rings. The highest BCUT2D eigenvalue weighted by molar-refractivity contribution is 7.99. The fraction of sp³-hybridized carbons (Fsp3) is 0.121. The Morgan fingerprint density at radius 1 is 0.767 bits per heavy atom. The van der Waals surface area contributed by atoms with Gasteiger partial charge in [0.05, 0.1) is 19.9 Å². The molecule has 0 aliphatic heterocycles. The number of thiazole rings is 1. The lowest BCUT2D eigenvalue weighted by atomic mass is 10.0. The van der Waals surface area contributed by atoms with E-state index in [2.05, 4.69) is 44.8 Å². The Balaban J connectivity index is 1.12. The molecule has 0 aliphatic rings. The molecule has 0 atom stereocenters. The lowest BCUT2D eigenvalue weighted by molar-refractivity contribution is -0.115. The summed E-state index contributed by atoms with van der Waals surface area (Å²) in [6.45, 7) is 0. The second kappa shape index (κ2) is 13.0. The zero-order valence-electron chi connectivity index (χ0n) is 23.5. The third-order valence-electron chi connectivity index (χ3n) is 6.75. The molecule has 1 N–H and O–H groups in total. The van der Waals surface area contributed by atoms with Crippen molar-refractivity contribution in [2.24, 2.45) is 0 Å². The lowest BCUT2D eigenvalue weighted by Crippen LogP contribution is -2.12. The summed E-state index contributed by atoms with van der Waals surface area (Å²) in [6, 6.07) is 29.7. The first-order chi connectivity index (χ1) is 21.1. The minimum Gasteiger partial charge on any atom is -0.497 e. The Labute approximate surface area is 257 Å². The van der Waals surface area contributed by atoms with Crippen LogP contribution in [0.4, 0.5) is 5.13 Å². The van der Waals surface area contributed by atoms with Gasteiger partial charge in [0.15, 0.2) is 5.13 Å². The molecule has 6 aromatic rings. The predicted octanol–water partition coefficient (Wildman–Crippen LogP) is 7.62. The molecular weight excluding hydrogens is 579 g/mol. The van der Waals surface area contributed by atoms with Crippen LogP contribution in [0.3, 0.4) is 0 Å². The number of nitrogens with zero attached hydrogens (tertiary/aromatic N) is 4. The van der Waals surface area contributed by atoms with Crippen LogP contribution in [0.5, 0.6) is 11.5 Å². The van der Waals surface area contributed by atoms with Crippen molar-refractivity contribution in [3.63, 3.8) is 0 Å². The van der Waals surface area contributed by atoms with Crippen LogP contribution >= 0.6 is 23.1 Å². The van der Waals surface area contributed by atoms with Crippen molar-refractivity contribution in [3.8, 4) is 45.3 Å². The Morgan fingerprint density at radius 2 is 1.42 bits per heavy atom. The monoisotopic (exact) mass is 605 g/mol. The van der Waals surface area contributed by atoms with Crippen LogP contribution < -0.4 is 14.8 Å². The zero-order chi connectivity index (χ0) is 29.6. The first kappa shape index (κ1) is 28.3. The highest BCUT2D eigenvalue weighted by Gasteiger charge is 2.15. The van der Waals surface area contributed by atoms with Gasteiger partial charge in [-0.15, -0.1) is 21.5 Å². The largest absolute Gasteiger partial charge is 0.497 e. The summed E-state index contributed by atoms with van der Waals surface area (Å²) in [4.78, 5) is 22.2. The average Bonchev–Trinajstić information content (AvgIpc) is 3.53. The fourth-order valence-corrected chi connectivity index (χ4v) is 5.96. The molecule has 2 heterocycles. The molecule has 214 valence electrons. The maximum absolute atomic E-state index is 12.7. The third kappa shape index (κ3) is 6.66. The highest BCUT2D eigenvalue weighted by Crippen LogP contribution is 2.32. The molecule has 0 radical (unpaired) electrons. The smallest absolute Gasteiger partial charge is 0.226 e. The average molecular weight is 606 g/mol. The molecule has 0 saturated heterocycles. The van der Waals surface area contributed by atoms with Gasteiger partial charge in [0.2, 0.25) is 11.1 Å². The van der Waals surface area contributed by atoms with Gasteiger partial charge in [-0.2, -0.15) is 0 Å². The predicted molar refractivity (Wildman–Crippen MR) is 173 cm³/mol. The van der Waals surface area contributed by atoms with E-state index in [9.17, 15) is 4.79 Å². The van der Waals surface area contributed by atoms with Crippen molar-refractivity contribution in [2.45, 2.75) is 11.6 Å². The van der Waals surface area contributed by atoms with Gasteiger partial charge in [0.25, 0.3) is 0 Å². The van der Waals surface area contributed by atoms with Crippen LogP contribution in [0.2, 0.25) is 0 Å². The second-order valence-corrected chi connectivity index (χ2v) is 11.4. The van der Waals surface area contributed by atoms with Gasteiger partial charge in [-0.1, -0.05) is 48.2 Å². The first-order valence-electron chi connectivity index (χ1n) is 13.5. The minimum atomic E-state index is -0.120. The van der Waals surface area contributed by atoms with Crippen LogP contribution in [0.1, 0.15) is 6.42 Å². The highest BCUT2D eigenvalue weighted by atomic mass is 32.2. The number of aromatic nitrogens is 4. The Kier molecular flexibility index (Phi) is 8.57. The van der Waals surface area contributed by atoms with E-state index in [1.807, 2.05) is 72.1 Å². The number of anilines is 1. The molecule has 8 nitrogen and oxygen atoms in total. The molecular formula is C33H27N5O3S2. The van der Waals surface area contributed by atoms with Gasteiger partial charge in [0.1, 0.15) is 22.9 Å². The molecule has 0 saturated carbocycles. The Hall–Kier alpha value is -4.80. The van der Waals surface area contributed by atoms with E-state index in [0.29, 0.717) is 27.4 Å². The van der Waals surface area contributed by atoms with Gasteiger partial charge in [0, 0.05) is 34.2 Å². The van der Waals surface area contributed by atoms with Gasteiger partial charge in [-0.3, -0.25) is 4.79 Å². The summed E-state index contributed by atoms with van der Waals surface area (Å²) in [6.07, 6.45) is 0.275. The summed E-state index contributed by atoms with van der Waals surface area (Å²) < 4.78 is 10.6. The van der Waals surface area contributed by atoms with Crippen molar-refractivity contribution >= 4 is 44.9 Å². The molecule has 0 bridgehead atoms. The molecule has 6 rings (SSSR count). The lowest BCUT2D eigenvalue weighted by Gasteiger charge is -2.10. The van der Waals surface area contributed by atoms with Crippen molar-refractivity contribution < 1.29 is 14.3 Å². The van der Waals surface area contributed by atoms with Gasteiger partial charge < -0.3 is 14.8 Å². The normalized spacial score (nSPS) is 10.9. The number of benzene rings is 4. The minimum absolute atomic E-state index is 0.120.